The van der Waals surface area contributed by atoms with Gasteiger partial charge in [-0.2, -0.15) is 0 Å². The third-order valence-electron chi connectivity index (χ3n) is 2.74. The van der Waals surface area contributed by atoms with Gasteiger partial charge < -0.3 is 15.8 Å². The van der Waals surface area contributed by atoms with Crippen molar-refractivity contribution in [3.63, 3.8) is 0 Å². The van der Waals surface area contributed by atoms with Crippen molar-refractivity contribution in [1.29, 1.82) is 0 Å². The minimum Gasteiger partial charge on any atom is -0.492 e. The van der Waals surface area contributed by atoms with Crippen molar-refractivity contribution in [2.75, 3.05) is 17.7 Å². The van der Waals surface area contributed by atoms with Gasteiger partial charge in [-0.05, 0) is 49.7 Å². The van der Waals surface area contributed by atoms with Crippen molar-refractivity contribution in [2.24, 2.45) is 0 Å². The molecule has 0 spiro atoms. The summed E-state index contributed by atoms with van der Waals surface area (Å²) >= 11 is 0. The predicted octanol–water partition coefficient (Wildman–Crippen LogP) is 3.72. The van der Waals surface area contributed by atoms with Gasteiger partial charge in [-0.3, -0.25) is 0 Å². The minimum absolute atomic E-state index is 0.652. The second kappa shape index (κ2) is 5.45. The lowest BCUT2D eigenvalue weighted by Crippen LogP contribution is -1.98. The molecule has 0 heterocycles. The fraction of sp³-hybridized carbons (Fsp3) is 0.200. The molecule has 0 saturated heterocycles. The molecule has 3 nitrogen and oxygen atoms in total. The van der Waals surface area contributed by atoms with Crippen LogP contribution in [0.2, 0.25) is 0 Å². The van der Waals surface area contributed by atoms with Gasteiger partial charge >= 0.3 is 0 Å². The first-order valence-electron chi connectivity index (χ1n) is 6.05. The summed E-state index contributed by atoms with van der Waals surface area (Å²) in [6.45, 7) is 4.62. The van der Waals surface area contributed by atoms with Crippen LogP contribution in [0.15, 0.2) is 42.5 Å². The molecule has 0 aliphatic carbocycles. The fourth-order valence-electron chi connectivity index (χ4n) is 1.76. The molecular weight excluding hydrogens is 224 g/mol. The van der Waals surface area contributed by atoms with E-state index in [0.29, 0.717) is 6.61 Å². The van der Waals surface area contributed by atoms with E-state index in [1.165, 1.54) is 0 Å². The van der Waals surface area contributed by atoms with Crippen LogP contribution in [0.1, 0.15) is 12.5 Å². The minimum atomic E-state index is 0.652. The van der Waals surface area contributed by atoms with Crippen LogP contribution in [0.5, 0.6) is 5.75 Å². The molecule has 2 rings (SSSR count). The molecule has 0 atom stereocenters. The van der Waals surface area contributed by atoms with Gasteiger partial charge in [-0.15, -0.1) is 0 Å². The smallest absolute Gasteiger partial charge is 0.142 e. The Morgan fingerprint density at radius 2 is 1.94 bits per heavy atom. The van der Waals surface area contributed by atoms with Crippen LogP contribution in [-0.4, -0.2) is 6.61 Å². The molecular formula is C15H18N2O. The molecule has 2 aromatic rings. The van der Waals surface area contributed by atoms with Crippen LogP contribution in [-0.2, 0) is 0 Å². The summed E-state index contributed by atoms with van der Waals surface area (Å²) in [6.07, 6.45) is 0. The van der Waals surface area contributed by atoms with Gasteiger partial charge in [0.25, 0.3) is 0 Å². The van der Waals surface area contributed by atoms with E-state index in [1.54, 1.807) is 0 Å². The maximum absolute atomic E-state index is 5.81. The number of para-hydroxylation sites is 2. The van der Waals surface area contributed by atoms with Crippen LogP contribution in [0, 0.1) is 6.92 Å². The first kappa shape index (κ1) is 12.3. The van der Waals surface area contributed by atoms with Gasteiger partial charge in [-0.25, -0.2) is 0 Å². The molecule has 0 aliphatic rings. The largest absolute Gasteiger partial charge is 0.492 e. The van der Waals surface area contributed by atoms with E-state index in [1.807, 2.05) is 56.3 Å². The van der Waals surface area contributed by atoms with Crippen LogP contribution in [0.25, 0.3) is 0 Å². The van der Waals surface area contributed by atoms with Crippen LogP contribution in [0.3, 0.4) is 0 Å². The molecule has 0 aliphatic heterocycles. The van der Waals surface area contributed by atoms with Crippen molar-refractivity contribution < 1.29 is 4.74 Å². The number of ether oxygens (including phenoxy) is 1. The van der Waals surface area contributed by atoms with Gasteiger partial charge in [0.05, 0.1) is 12.3 Å². The molecule has 18 heavy (non-hydrogen) atoms. The SMILES string of the molecule is CCOc1ccccc1Nc1ccc(N)c(C)c1. The van der Waals surface area contributed by atoms with Crippen molar-refractivity contribution in [3.8, 4) is 5.75 Å². The van der Waals surface area contributed by atoms with Crippen LogP contribution < -0.4 is 15.8 Å². The Labute approximate surface area is 108 Å². The molecule has 0 bridgehead atoms. The molecule has 94 valence electrons. The number of anilines is 3. The van der Waals surface area contributed by atoms with E-state index in [9.17, 15) is 0 Å². The monoisotopic (exact) mass is 242 g/mol. The van der Waals surface area contributed by atoms with Gasteiger partial charge in [-0.1, -0.05) is 12.1 Å². The Morgan fingerprint density at radius 3 is 2.67 bits per heavy atom. The number of nitrogen functional groups attached to an aromatic ring is 1. The molecule has 0 unspecified atom stereocenters. The standard InChI is InChI=1S/C15H18N2O/c1-3-18-15-7-5-4-6-14(15)17-12-8-9-13(16)11(2)10-12/h4-10,17H,3,16H2,1-2H3. The summed E-state index contributed by atoms with van der Waals surface area (Å²) in [6, 6.07) is 13.8. The summed E-state index contributed by atoms with van der Waals surface area (Å²) in [4.78, 5) is 0. The molecule has 0 radical (unpaired) electrons. The maximum Gasteiger partial charge on any atom is 0.142 e. The average Bonchev–Trinajstić information content (AvgIpc) is 2.37. The highest BCUT2D eigenvalue weighted by molar-refractivity contribution is 5.68. The Balaban J connectivity index is 2.25. The predicted molar refractivity (Wildman–Crippen MR) is 76.5 cm³/mol. The van der Waals surface area contributed by atoms with E-state index >= 15 is 0 Å². The molecule has 0 aromatic heterocycles. The van der Waals surface area contributed by atoms with E-state index in [-0.39, 0.29) is 0 Å². The number of hydrogen-bond donors (Lipinski definition) is 2. The molecule has 3 N–H and O–H groups in total. The number of benzene rings is 2. The third-order valence-corrected chi connectivity index (χ3v) is 2.74. The average molecular weight is 242 g/mol. The van der Waals surface area contributed by atoms with Gasteiger partial charge in [0.2, 0.25) is 0 Å². The summed E-state index contributed by atoms with van der Waals surface area (Å²) in [7, 11) is 0. The van der Waals surface area contributed by atoms with Gasteiger partial charge in [0.1, 0.15) is 5.75 Å². The molecule has 3 heteroatoms. The molecule has 0 fully saturated rings. The lowest BCUT2D eigenvalue weighted by atomic mass is 10.2. The van der Waals surface area contributed by atoms with E-state index in [0.717, 1.165) is 28.4 Å². The van der Waals surface area contributed by atoms with E-state index in [2.05, 4.69) is 5.32 Å². The zero-order valence-corrected chi connectivity index (χ0v) is 10.7. The van der Waals surface area contributed by atoms with Crippen molar-refractivity contribution >= 4 is 17.1 Å². The normalized spacial score (nSPS) is 10.1. The zero-order valence-electron chi connectivity index (χ0n) is 10.7. The summed E-state index contributed by atoms with van der Waals surface area (Å²) < 4.78 is 5.58. The number of hydrogen-bond acceptors (Lipinski definition) is 3. The number of aryl methyl sites for hydroxylation is 1. The fourth-order valence-corrected chi connectivity index (χ4v) is 1.76. The molecule has 0 saturated carbocycles. The first-order chi connectivity index (χ1) is 8.70. The van der Waals surface area contributed by atoms with Crippen molar-refractivity contribution in [1.82, 2.24) is 0 Å². The van der Waals surface area contributed by atoms with Crippen molar-refractivity contribution in [2.45, 2.75) is 13.8 Å². The maximum atomic E-state index is 5.81. The Morgan fingerprint density at radius 1 is 1.17 bits per heavy atom. The summed E-state index contributed by atoms with van der Waals surface area (Å²) in [5.41, 5.74) is 9.65. The highest BCUT2D eigenvalue weighted by Gasteiger charge is 2.03. The second-order valence-corrected chi connectivity index (χ2v) is 4.13. The summed E-state index contributed by atoms with van der Waals surface area (Å²) in [5, 5.41) is 3.34. The Kier molecular flexibility index (Phi) is 3.72. The molecule has 2 aromatic carbocycles. The summed E-state index contributed by atoms with van der Waals surface area (Å²) in [5.74, 6) is 0.856. The van der Waals surface area contributed by atoms with Crippen molar-refractivity contribution in [3.05, 3.63) is 48.0 Å². The molecule has 0 amide bonds. The zero-order chi connectivity index (χ0) is 13.0. The number of nitrogens with two attached hydrogens (primary N) is 1. The highest BCUT2D eigenvalue weighted by Crippen LogP contribution is 2.28. The highest BCUT2D eigenvalue weighted by atomic mass is 16.5. The lowest BCUT2D eigenvalue weighted by molar-refractivity contribution is 0.342. The van der Waals surface area contributed by atoms with Gasteiger partial charge in [0.15, 0.2) is 0 Å². The van der Waals surface area contributed by atoms with Crippen LogP contribution >= 0.6 is 0 Å². The quantitative estimate of drug-likeness (QED) is 0.803. The topological polar surface area (TPSA) is 47.3 Å². The Bertz CT molecular complexity index is 538. The number of rotatable bonds is 4. The number of nitrogens with one attached hydrogen (secondary N) is 1. The lowest BCUT2D eigenvalue weighted by Gasteiger charge is -2.13. The Hall–Kier alpha value is -2.16. The second-order valence-electron chi connectivity index (χ2n) is 4.13. The van der Waals surface area contributed by atoms with Gasteiger partial charge in [0, 0.05) is 11.4 Å². The first-order valence-corrected chi connectivity index (χ1v) is 6.05. The van der Waals surface area contributed by atoms with E-state index < -0.39 is 0 Å². The van der Waals surface area contributed by atoms with Crippen LogP contribution in [0.4, 0.5) is 17.1 Å². The van der Waals surface area contributed by atoms with E-state index in [4.69, 9.17) is 10.5 Å². The third kappa shape index (κ3) is 2.74.